The second kappa shape index (κ2) is 10.0. The second-order valence-electron chi connectivity index (χ2n) is 7.66. The van der Waals surface area contributed by atoms with Crippen LogP contribution in [0.1, 0.15) is 19.4 Å². The van der Waals surface area contributed by atoms with Crippen molar-refractivity contribution in [2.75, 3.05) is 38.3 Å². The largest absolute Gasteiger partial charge is 0.454 e. The molecule has 7 nitrogen and oxygen atoms in total. The van der Waals surface area contributed by atoms with Gasteiger partial charge < -0.3 is 29.6 Å². The first-order valence-corrected chi connectivity index (χ1v) is 11.3. The standard InChI is InChI=1S/C24H28N4O3S/c1-3-27(4-2)10-11-28(24(32)25-19-8-6-5-7-9-19)15-18-12-17-13-21-22(31-16-30-21)14-20(17)26-23(18)29/h5-9,12-14H,3-4,10-11,15-16H2,1-2H3,(H,25,32)(H,26,29). The molecule has 0 aliphatic carbocycles. The third kappa shape index (κ3) is 5.03. The summed E-state index contributed by atoms with van der Waals surface area (Å²) in [6, 6.07) is 15.5. The van der Waals surface area contributed by atoms with Crippen LogP contribution in [0.15, 0.2) is 53.3 Å². The van der Waals surface area contributed by atoms with Crippen molar-refractivity contribution in [2.45, 2.75) is 20.4 Å². The average molecular weight is 453 g/mol. The minimum absolute atomic E-state index is 0.133. The van der Waals surface area contributed by atoms with E-state index in [0.29, 0.717) is 35.3 Å². The van der Waals surface area contributed by atoms with Crippen LogP contribution in [0.3, 0.4) is 0 Å². The van der Waals surface area contributed by atoms with Crippen molar-refractivity contribution in [2.24, 2.45) is 0 Å². The first kappa shape index (κ1) is 22.1. The summed E-state index contributed by atoms with van der Waals surface area (Å²) in [4.78, 5) is 20.2. The summed E-state index contributed by atoms with van der Waals surface area (Å²) in [6.45, 7) is 8.38. The van der Waals surface area contributed by atoms with Gasteiger partial charge in [-0.15, -0.1) is 0 Å². The number of fused-ring (bicyclic) bond motifs is 2. The number of nitrogens with zero attached hydrogens (tertiary/aromatic N) is 2. The number of likely N-dealkylation sites (N-methyl/N-ethyl adjacent to an activating group) is 1. The summed E-state index contributed by atoms with van der Waals surface area (Å²) in [6.07, 6.45) is 0. The van der Waals surface area contributed by atoms with Crippen molar-refractivity contribution >= 4 is 33.9 Å². The lowest BCUT2D eigenvalue weighted by Gasteiger charge is -2.28. The molecule has 0 atom stereocenters. The molecule has 0 bridgehead atoms. The Labute approximate surface area is 192 Å². The van der Waals surface area contributed by atoms with Crippen molar-refractivity contribution < 1.29 is 9.47 Å². The number of nitrogens with one attached hydrogen (secondary N) is 2. The minimum Gasteiger partial charge on any atom is -0.454 e. The Morgan fingerprint density at radius 1 is 1.06 bits per heavy atom. The topological polar surface area (TPSA) is 69.8 Å². The Balaban J connectivity index is 1.59. The zero-order chi connectivity index (χ0) is 22.5. The van der Waals surface area contributed by atoms with Crippen LogP contribution >= 0.6 is 12.2 Å². The van der Waals surface area contributed by atoms with Crippen LogP contribution in [0.25, 0.3) is 10.9 Å². The maximum atomic E-state index is 12.9. The zero-order valence-electron chi connectivity index (χ0n) is 18.4. The Hall–Kier alpha value is -3.10. The lowest BCUT2D eigenvalue weighted by atomic mass is 10.1. The van der Waals surface area contributed by atoms with Gasteiger partial charge >= 0.3 is 0 Å². The number of hydrogen-bond acceptors (Lipinski definition) is 5. The maximum absolute atomic E-state index is 12.9. The first-order chi connectivity index (χ1) is 15.6. The summed E-state index contributed by atoms with van der Waals surface area (Å²) in [7, 11) is 0. The number of ether oxygens (including phenoxy) is 2. The van der Waals surface area contributed by atoms with Gasteiger partial charge in [0, 0.05) is 35.8 Å². The SMILES string of the molecule is CCN(CC)CCN(Cc1cc2cc3c(cc2[nH]c1=O)OCO3)C(=S)Nc1ccccc1. The van der Waals surface area contributed by atoms with Gasteiger partial charge in [-0.2, -0.15) is 0 Å². The molecular weight excluding hydrogens is 424 g/mol. The quantitative estimate of drug-likeness (QED) is 0.504. The van der Waals surface area contributed by atoms with E-state index in [2.05, 4.69) is 29.0 Å². The molecule has 32 heavy (non-hydrogen) atoms. The highest BCUT2D eigenvalue weighted by molar-refractivity contribution is 7.80. The summed E-state index contributed by atoms with van der Waals surface area (Å²) in [5, 5.41) is 4.79. The van der Waals surface area contributed by atoms with E-state index in [-0.39, 0.29) is 12.4 Å². The lowest BCUT2D eigenvalue weighted by Crippen LogP contribution is -2.41. The summed E-state index contributed by atoms with van der Waals surface area (Å²) >= 11 is 5.73. The highest BCUT2D eigenvalue weighted by Gasteiger charge is 2.18. The number of thiocarbonyl (C=S) groups is 1. The Bertz CT molecular complexity index is 1150. The molecule has 0 unspecified atom stereocenters. The molecule has 2 heterocycles. The van der Waals surface area contributed by atoms with Crippen LogP contribution in [0.2, 0.25) is 0 Å². The van der Waals surface area contributed by atoms with E-state index in [4.69, 9.17) is 21.7 Å². The van der Waals surface area contributed by atoms with E-state index in [9.17, 15) is 4.79 Å². The molecule has 1 aromatic heterocycles. The molecule has 168 valence electrons. The normalized spacial score (nSPS) is 12.3. The van der Waals surface area contributed by atoms with Gasteiger partial charge in [-0.1, -0.05) is 32.0 Å². The Morgan fingerprint density at radius 3 is 2.50 bits per heavy atom. The number of hydrogen-bond donors (Lipinski definition) is 2. The number of pyridine rings is 1. The highest BCUT2D eigenvalue weighted by atomic mass is 32.1. The minimum atomic E-state index is -0.133. The molecule has 8 heteroatoms. The summed E-state index contributed by atoms with van der Waals surface area (Å²) in [5.74, 6) is 1.34. The van der Waals surface area contributed by atoms with Crippen LogP contribution in [0.5, 0.6) is 11.5 Å². The van der Waals surface area contributed by atoms with Gasteiger partial charge in [-0.25, -0.2) is 0 Å². The number of anilines is 1. The fraction of sp³-hybridized carbons (Fsp3) is 0.333. The smallest absolute Gasteiger partial charge is 0.253 e. The summed E-state index contributed by atoms with van der Waals surface area (Å²) in [5.41, 5.74) is 2.16. The van der Waals surface area contributed by atoms with Gasteiger partial charge in [-0.05, 0) is 49.6 Å². The molecule has 0 saturated heterocycles. The van der Waals surface area contributed by atoms with E-state index in [1.807, 2.05) is 53.4 Å². The molecule has 2 aromatic carbocycles. The Kier molecular flexibility index (Phi) is 6.92. The van der Waals surface area contributed by atoms with Gasteiger partial charge in [0.15, 0.2) is 16.6 Å². The molecule has 0 saturated carbocycles. The molecule has 1 aliphatic rings. The van der Waals surface area contributed by atoms with E-state index < -0.39 is 0 Å². The summed E-state index contributed by atoms with van der Waals surface area (Å²) < 4.78 is 10.9. The zero-order valence-corrected chi connectivity index (χ0v) is 19.2. The lowest BCUT2D eigenvalue weighted by molar-refractivity contribution is 0.174. The molecule has 2 N–H and O–H groups in total. The molecule has 0 fully saturated rings. The van der Waals surface area contributed by atoms with Crippen LogP contribution in [0.4, 0.5) is 5.69 Å². The monoisotopic (exact) mass is 452 g/mol. The van der Waals surface area contributed by atoms with Gasteiger partial charge in [-0.3, -0.25) is 4.79 Å². The third-order valence-corrected chi connectivity index (χ3v) is 6.03. The van der Waals surface area contributed by atoms with Crippen LogP contribution in [0, 0.1) is 0 Å². The van der Waals surface area contributed by atoms with E-state index in [0.717, 1.165) is 36.2 Å². The van der Waals surface area contributed by atoms with Crippen LogP contribution < -0.4 is 20.3 Å². The number of para-hydroxylation sites is 1. The third-order valence-electron chi connectivity index (χ3n) is 5.67. The maximum Gasteiger partial charge on any atom is 0.253 e. The predicted octanol–water partition coefficient (Wildman–Crippen LogP) is 3.80. The predicted molar refractivity (Wildman–Crippen MR) is 132 cm³/mol. The van der Waals surface area contributed by atoms with Crippen molar-refractivity contribution in [1.82, 2.24) is 14.8 Å². The number of aromatic amines is 1. The van der Waals surface area contributed by atoms with E-state index in [1.165, 1.54) is 0 Å². The van der Waals surface area contributed by atoms with Crippen molar-refractivity contribution in [3.63, 3.8) is 0 Å². The van der Waals surface area contributed by atoms with Crippen LogP contribution in [-0.4, -0.2) is 52.9 Å². The first-order valence-electron chi connectivity index (χ1n) is 10.9. The molecule has 0 spiro atoms. The Morgan fingerprint density at radius 2 is 1.78 bits per heavy atom. The van der Waals surface area contributed by atoms with Crippen molar-refractivity contribution in [3.8, 4) is 11.5 Å². The molecular formula is C24H28N4O3S. The molecule has 0 radical (unpaired) electrons. The molecule has 3 aromatic rings. The second-order valence-corrected chi connectivity index (χ2v) is 8.05. The fourth-order valence-electron chi connectivity index (χ4n) is 3.74. The van der Waals surface area contributed by atoms with E-state index in [1.54, 1.807) is 0 Å². The fourth-order valence-corrected chi connectivity index (χ4v) is 4.02. The molecule has 1 aliphatic heterocycles. The number of H-pyrrole nitrogens is 1. The molecule has 0 amide bonds. The van der Waals surface area contributed by atoms with E-state index >= 15 is 0 Å². The van der Waals surface area contributed by atoms with Gasteiger partial charge in [0.1, 0.15) is 0 Å². The highest BCUT2D eigenvalue weighted by Crippen LogP contribution is 2.35. The van der Waals surface area contributed by atoms with Gasteiger partial charge in [0.2, 0.25) is 6.79 Å². The van der Waals surface area contributed by atoms with Crippen molar-refractivity contribution in [1.29, 1.82) is 0 Å². The van der Waals surface area contributed by atoms with Gasteiger partial charge in [0.25, 0.3) is 5.56 Å². The average Bonchev–Trinajstić information content (AvgIpc) is 3.25. The molecule has 4 rings (SSSR count). The van der Waals surface area contributed by atoms with Crippen molar-refractivity contribution in [3.05, 3.63) is 64.4 Å². The number of aromatic nitrogens is 1. The number of rotatable bonds is 8. The number of benzene rings is 2. The van der Waals surface area contributed by atoms with Crippen LogP contribution in [-0.2, 0) is 6.54 Å². The van der Waals surface area contributed by atoms with Gasteiger partial charge in [0.05, 0.1) is 12.1 Å².